The van der Waals surface area contributed by atoms with Crippen LogP contribution in [0, 0.1) is 11.8 Å². The molecule has 1 heterocycles. The Morgan fingerprint density at radius 3 is 2.74 bits per heavy atom. The van der Waals surface area contributed by atoms with Gasteiger partial charge in [-0.25, -0.2) is 0 Å². The average Bonchev–Trinajstić information content (AvgIpc) is 2.45. The number of likely N-dealkylation sites (tertiary alicyclic amines) is 1. The van der Waals surface area contributed by atoms with E-state index in [2.05, 4.69) is 12.2 Å². The Bertz CT molecular complexity index is 346. The van der Waals surface area contributed by atoms with E-state index in [9.17, 15) is 9.59 Å². The van der Waals surface area contributed by atoms with E-state index in [0.717, 1.165) is 19.4 Å². The van der Waals surface area contributed by atoms with Crippen molar-refractivity contribution in [2.24, 2.45) is 17.6 Å². The summed E-state index contributed by atoms with van der Waals surface area (Å²) in [7, 11) is 0. The number of piperidine rings is 1. The number of nitrogens with zero attached hydrogens (tertiary/aromatic N) is 1. The predicted octanol–water partition coefficient (Wildman–Crippen LogP) is 0.489. The molecule has 2 amide bonds. The number of rotatable bonds is 3. The minimum Gasteiger partial charge on any atom is -0.346 e. The van der Waals surface area contributed by atoms with E-state index in [0.29, 0.717) is 17.9 Å². The van der Waals surface area contributed by atoms with Crippen LogP contribution in [0.5, 0.6) is 0 Å². The summed E-state index contributed by atoms with van der Waals surface area (Å²) in [4.78, 5) is 25.4. The summed E-state index contributed by atoms with van der Waals surface area (Å²) in [6.07, 6.45) is 5.94. The molecule has 0 radical (unpaired) electrons. The molecule has 0 bridgehead atoms. The second-order valence-corrected chi connectivity index (χ2v) is 5.85. The SMILES string of the molecule is CC1CCN(C(=O)CNC(=O)CN)C2CCCCC12. The third-order valence-electron chi connectivity index (χ3n) is 4.68. The topological polar surface area (TPSA) is 75.4 Å². The van der Waals surface area contributed by atoms with Gasteiger partial charge >= 0.3 is 0 Å². The minimum absolute atomic E-state index is 0.0469. The van der Waals surface area contributed by atoms with E-state index >= 15 is 0 Å². The van der Waals surface area contributed by atoms with Crippen LogP contribution in [0.4, 0.5) is 0 Å². The molecule has 1 saturated carbocycles. The van der Waals surface area contributed by atoms with Crippen molar-refractivity contribution in [3.05, 3.63) is 0 Å². The molecule has 1 aliphatic carbocycles. The number of hydrogen-bond donors (Lipinski definition) is 2. The smallest absolute Gasteiger partial charge is 0.242 e. The number of carbonyl (C=O) groups is 2. The quantitative estimate of drug-likeness (QED) is 0.781. The van der Waals surface area contributed by atoms with Crippen LogP contribution in [-0.2, 0) is 9.59 Å². The normalized spacial score (nSPS) is 30.6. The zero-order valence-corrected chi connectivity index (χ0v) is 11.7. The van der Waals surface area contributed by atoms with E-state index in [-0.39, 0.29) is 24.9 Å². The molecular formula is C14H25N3O2. The van der Waals surface area contributed by atoms with Crippen molar-refractivity contribution in [1.82, 2.24) is 10.2 Å². The van der Waals surface area contributed by atoms with Gasteiger partial charge in [-0.15, -0.1) is 0 Å². The average molecular weight is 267 g/mol. The Kier molecular flexibility index (Phi) is 4.80. The van der Waals surface area contributed by atoms with Gasteiger partial charge in [0.2, 0.25) is 11.8 Å². The maximum Gasteiger partial charge on any atom is 0.242 e. The van der Waals surface area contributed by atoms with E-state index in [1.165, 1.54) is 19.3 Å². The van der Waals surface area contributed by atoms with Crippen molar-refractivity contribution in [1.29, 1.82) is 0 Å². The zero-order chi connectivity index (χ0) is 13.8. The van der Waals surface area contributed by atoms with Gasteiger partial charge < -0.3 is 16.0 Å². The molecule has 1 aliphatic heterocycles. The molecule has 0 aromatic heterocycles. The van der Waals surface area contributed by atoms with Crippen LogP contribution in [0.1, 0.15) is 39.0 Å². The Morgan fingerprint density at radius 1 is 1.26 bits per heavy atom. The van der Waals surface area contributed by atoms with Crippen molar-refractivity contribution in [3.8, 4) is 0 Å². The van der Waals surface area contributed by atoms with Crippen LogP contribution >= 0.6 is 0 Å². The number of carbonyl (C=O) groups excluding carboxylic acids is 2. The number of hydrogen-bond acceptors (Lipinski definition) is 3. The van der Waals surface area contributed by atoms with Crippen LogP contribution in [0.3, 0.4) is 0 Å². The summed E-state index contributed by atoms with van der Waals surface area (Å²) in [6, 6.07) is 0.389. The lowest BCUT2D eigenvalue weighted by atomic mass is 9.72. The molecule has 2 aliphatic rings. The number of fused-ring (bicyclic) bond motifs is 1. The first-order valence-electron chi connectivity index (χ1n) is 7.39. The molecule has 108 valence electrons. The highest BCUT2D eigenvalue weighted by molar-refractivity contribution is 5.85. The largest absolute Gasteiger partial charge is 0.346 e. The zero-order valence-electron chi connectivity index (χ0n) is 11.7. The molecule has 0 aromatic carbocycles. The Labute approximate surface area is 114 Å². The summed E-state index contributed by atoms with van der Waals surface area (Å²) in [6.45, 7) is 3.17. The van der Waals surface area contributed by atoms with Gasteiger partial charge in [0.15, 0.2) is 0 Å². The molecule has 3 unspecified atom stereocenters. The second-order valence-electron chi connectivity index (χ2n) is 5.85. The third-order valence-corrected chi connectivity index (χ3v) is 4.68. The van der Waals surface area contributed by atoms with Gasteiger partial charge in [-0.2, -0.15) is 0 Å². The van der Waals surface area contributed by atoms with Crippen LogP contribution in [-0.4, -0.2) is 42.4 Å². The fourth-order valence-corrected chi connectivity index (χ4v) is 3.57. The lowest BCUT2D eigenvalue weighted by molar-refractivity contribution is -0.139. The molecule has 5 heteroatoms. The second kappa shape index (κ2) is 6.37. The van der Waals surface area contributed by atoms with Crippen molar-refractivity contribution >= 4 is 11.8 Å². The standard InChI is InChI=1S/C14H25N3O2/c1-10-6-7-17(12-5-3-2-4-11(10)12)14(19)9-16-13(18)8-15/h10-12H,2-9,15H2,1H3,(H,16,18). The van der Waals surface area contributed by atoms with Crippen LogP contribution < -0.4 is 11.1 Å². The van der Waals surface area contributed by atoms with Crippen LogP contribution in [0.25, 0.3) is 0 Å². The van der Waals surface area contributed by atoms with Gasteiger partial charge in [-0.1, -0.05) is 19.8 Å². The van der Waals surface area contributed by atoms with Crippen LogP contribution in [0.2, 0.25) is 0 Å². The van der Waals surface area contributed by atoms with Crippen molar-refractivity contribution in [2.75, 3.05) is 19.6 Å². The molecule has 2 rings (SSSR count). The lowest BCUT2D eigenvalue weighted by Gasteiger charge is -2.47. The molecule has 5 nitrogen and oxygen atoms in total. The Hall–Kier alpha value is -1.10. The number of amides is 2. The van der Waals surface area contributed by atoms with E-state index < -0.39 is 0 Å². The first kappa shape index (κ1) is 14.3. The van der Waals surface area contributed by atoms with Gasteiger partial charge in [-0.05, 0) is 31.1 Å². The molecular weight excluding hydrogens is 242 g/mol. The maximum absolute atomic E-state index is 12.3. The van der Waals surface area contributed by atoms with E-state index in [1.54, 1.807) is 0 Å². The number of nitrogens with one attached hydrogen (secondary N) is 1. The molecule has 0 aromatic rings. The highest BCUT2D eigenvalue weighted by Gasteiger charge is 2.39. The molecule has 19 heavy (non-hydrogen) atoms. The summed E-state index contributed by atoms with van der Waals surface area (Å²) < 4.78 is 0. The Morgan fingerprint density at radius 2 is 2.00 bits per heavy atom. The number of nitrogens with two attached hydrogens (primary N) is 1. The molecule has 3 N–H and O–H groups in total. The summed E-state index contributed by atoms with van der Waals surface area (Å²) in [5.41, 5.74) is 5.22. The summed E-state index contributed by atoms with van der Waals surface area (Å²) >= 11 is 0. The van der Waals surface area contributed by atoms with Crippen molar-refractivity contribution < 1.29 is 9.59 Å². The maximum atomic E-state index is 12.3. The first-order chi connectivity index (χ1) is 9.13. The highest BCUT2D eigenvalue weighted by atomic mass is 16.2. The summed E-state index contributed by atoms with van der Waals surface area (Å²) in [5.74, 6) is 1.15. The van der Waals surface area contributed by atoms with Crippen molar-refractivity contribution in [2.45, 2.75) is 45.1 Å². The fourth-order valence-electron chi connectivity index (χ4n) is 3.57. The molecule has 1 saturated heterocycles. The molecule has 3 atom stereocenters. The van der Waals surface area contributed by atoms with E-state index in [1.807, 2.05) is 4.90 Å². The molecule has 0 spiro atoms. The van der Waals surface area contributed by atoms with Gasteiger partial charge in [0, 0.05) is 12.6 Å². The van der Waals surface area contributed by atoms with Gasteiger partial charge in [-0.3, -0.25) is 9.59 Å². The summed E-state index contributed by atoms with van der Waals surface area (Å²) in [5, 5.41) is 2.58. The highest BCUT2D eigenvalue weighted by Crippen LogP contribution is 2.38. The van der Waals surface area contributed by atoms with Gasteiger partial charge in [0.25, 0.3) is 0 Å². The third kappa shape index (κ3) is 3.26. The van der Waals surface area contributed by atoms with Crippen LogP contribution in [0.15, 0.2) is 0 Å². The van der Waals surface area contributed by atoms with Gasteiger partial charge in [0.1, 0.15) is 0 Å². The minimum atomic E-state index is -0.265. The monoisotopic (exact) mass is 267 g/mol. The van der Waals surface area contributed by atoms with Crippen molar-refractivity contribution in [3.63, 3.8) is 0 Å². The lowest BCUT2D eigenvalue weighted by Crippen LogP contribution is -2.54. The van der Waals surface area contributed by atoms with Gasteiger partial charge in [0.05, 0.1) is 13.1 Å². The molecule has 2 fully saturated rings. The predicted molar refractivity (Wildman–Crippen MR) is 73.3 cm³/mol. The van der Waals surface area contributed by atoms with E-state index in [4.69, 9.17) is 5.73 Å². The first-order valence-corrected chi connectivity index (χ1v) is 7.39. The fraction of sp³-hybridized carbons (Fsp3) is 0.857. The Balaban J connectivity index is 1.94.